The molecule has 0 saturated heterocycles. The number of ether oxygens (including phenoxy) is 1. The number of hydrogen-bond acceptors (Lipinski definition) is 5. The Morgan fingerprint density at radius 3 is 2.55 bits per heavy atom. The van der Waals surface area contributed by atoms with E-state index in [4.69, 9.17) is 16.3 Å². The molecule has 0 unspecified atom stereocenters. The van der Waals surface area contributed by atoms with E-state index in [0.29, 0.717) is 39.5 Å². The number of halogens is 2. The molecule has 9 heteroatoms. The maximum absolute atomic E-state index is 13.5. The minimum Gasteiger partial charge on any atom is -0.494 e. The predicted octanol–water partition coefficient (Wildman–Crippen LogP) is 5.82. The van der Waals surface area contributed by atoms with Crippen LogP contribution in [0.25, 0.3) is 10.9 Å². The van der Waals surface area contributed by atoms with Gasteiger partial charge in [0.25, 0.3) is 0 Å². The Balaban J connectivity index is 1.66. The highest BCUT2D eigenvalue weighted by Crippen LogP contribution is 2.33. The lowest BCUT2D eigenvalue weighted by atomic mass is 10.2. The molecule has 0 fully saturated rings. The van der Waals surface area contributed by atoms with Crippen LogP contribution < -0.4 is 20.7 Å². The van der Waals surface area contributed by atoms with Gasteiger partial charge in [-0.15, -0.1) is 0 Å². The molecule has 1 heterocycles. The van der Waals surface area contributed by atoms with Crippen molar-refractivity contribution in [2.45, 2.75) is 0 Å². The number of rotatable bonds is 5. The molecule has 0 bridgehead atoms. The first-order valence-corrected chi connectivity index (χ1v) is 9.59. The van der Waals surface area contributed by atoms with Gasteiger partial charge in [-0.3, -0.25) is 0 Å². The number of methoxy groups -OCH3 is 1. The number of fused-ring (bicyclic) bond motifs is 1. The van der Waals surface area contributed by atoms with E-state index in [1.165, 1.54) is 25.6 Å². The van der Waals surface area contributed by atoms with E-state index in [9.17, 15) is 9.18 Å². The molecule has 4 aromatic rings. The summed E-state index contributed by atoms with van der Waals surface area (Å²) in [5.74, 6) is 0.382. The Bertz CT molecular complexity index is 1250. The quantitative estimate of drug-likeness (QED) is 0.366. The number of carbonyl (C=O) groups excluding carboxylic acids is 1. The van der Waals surface area contributed by atoms with E-state index in [0.717, 1.165) is 0 Å². The molecule has 3 N–H and O–H groups in total. The maximum atomic E-state index is 13.5. The van der Waals surface area contributed by atoms with Crippen molar-refractivity contribution in [1.82, 2.24) is 9.97 Å². The number of aromatic nitrogens is 2. The van der Waals surface area contributed by atoms with Gasteiger partial charge in [-0.1, -0.05) is 29.8 Å². The second-order valence-electron chi connectivity index (χ2n) is 6.49. The molecule has 1 aromatic heterocycles. The Morgan fingerprint density at radius 2 is 1.81 bits per heavy atom. The number of para-hydroxylation sites is 1. The summed E-state index contributed by atoms with van der Waals surface area (Å²) in [6.07, 6.45) is 1.39. The SMILES string of the molecule is COc1cc2ncnc(Nc3ccc(F)c(Cl)c3)c2cc1NC(=O)Nc1ccccc1. The number of nitrogens with zero attached hydrogens (tertiary/aromatic N) is 2. The summed E-state index contributed by atoms with van der Waals surface area (Å²) in [4.78, 5) is 21.0. The van der Waals surface area contributed by atoms with Crippen molar-refractivity contribution in [3.8, 4) is 5.75 Å². The zero-order chi connectivity index (χ0) is 21.8. The molecule has 0 aliphatic rings. The molecule has 3 aromatic carbocycles. The number of amides is 2. The summed E-state index contributed by atoms with van der Waals surface area (Å²) >= 11 is 5.87. The monoisotopic (exact) mass is 437 g/mol. The lowest BCUT2D eigenvalue weighted by molar-refractivity contribution is 0.262. The van der Waals surface area contributed by atoms with Gasteiger partial charge in [0, 0.05) is 22.8 Å². The number of carbonyl (C=O) groups is 1. The number of benzene rings is 3. The normalized spacial score (nSPS) is 10.5. The highest BCUT2D eigenvalue weighted by Gasteiger charge is 2.13. The highest BCUT2D eigenvalue weighted by atomic mass is 35.5. The molecule has 0 spiro atoms. The molecule has 2 amide bonds. The van der Waals surface area contributed by atoms with Crippen molar-refractivity contribution in [1.29, 1.82) is 0 Å². The van der Waals surface area contributed by atoms with Gasteiger partial charge in [0.05, 0.1) is 23.3 Å². The number of anilines is 4. The topological polar surface area (TPSA) is 88.2 Å². The number of urea groups is 1. The molecule has 0 radical (unpaired) electrons. The standard InChI is InChI=1S/C22H17ClFN5O2/c1-31-20-11-18-15(10-19(20)29-22(30)28-13-5-3-2-4-6-13)21(26-12-25-18)27-14-7-8-17(24)16(23)9-14/h2-12H,1H3,(H,25,26,27)(H2,28,29,30). The van der Waals surface area contributed by atoms with E-state index >= 15 is 0 Å². The highest BCUT2D eigenvalue weighted by molar-refractivity contribution is 6.31. The van der Waals surface area contributed by atoms with Crippen LogP contribution in [0.1, 0.15) is 0 Å². The third-order valence-electron chi connectivity index (χ3n) is 4.42. The van der Waals surface area contributed by atoms with Gasteiger partial charge >= 0.3 is 6.03 Å². The van der Waals surface area contributed by atoms with Gasteiger partial charge in [0.2, 0.25) is 0 Å². The first kappa shape index (κ1) is 20.4. The van der Waals surface area contributed by atoms with Crippen molar-refractivity contribution in [2.24, 2.45) is 0 Å². The van der Waals surface area contributed by atoms with Gasteiger partial charge < -0.3 is 20.7 Å². The zero-order valence-corrected chi connectivity index (χ0v) is 17.1. The summed E-state index contributed by atoms with van der Waals surface area (Å²) in [5, 5.41) is 9.25. The van der Waals surface area contributed by atoms with Crippen molar-refractivity contribution >= 4 is 51.4 Å². The van der Waals surface area contributed by atoms with Crippen LogP contribution in [0.15, 0.2) is 67.0 Å². The van der Waals surface area contributed by atoms with Gasteiger partial charge in [-0.05, 0) is 36.4 Å². The van der Waals surface area contributed by atoms with Crippen molar-refractivity contribution in [2.75, 3.05) is 23.1 Å². The third kappa shape index (κ3) is 4.65. The first-order chi connectivity index (χ1) is 15.0. The average Bonchev–Trinajstić information content (AvgIpc) is 2.77. The second-order valence-corrected chi connectivity index (χ2v) is 6.90. The van der Waals surface area contributed by atoms with Crippen LogP contribution in [0, 0.1) is 5.82 Å². The van der Waals surface area contributed by atoms with E-state index in [-0.39, 0.29) is 5.02 Å². The van der Waals surface area contributed by atoms with Gasteiger partial charge in [0.1, 0.15) is 23.7 Å². The lowest BCUT2D eigenvalue weighted by Crippen LogP contribution is -2.19. The van der Waals surface area contributed by atoms with Crippen molar-refractivity contribution in [3.05, 3.63) is 77.8 Å². The van der Waals surface area contributed by atoms with Crippen LogP contribution in [-0.4, -0.2) is 23.1 Å². The fourth-order valence-corrected chi connectivity index (χ4v) is 3.15. The first-order valence-electron chi connectivity index (χ1n) is 9.21. The summed E-state index contributed by atoms with van der Waals surface area (Å²) in [5.41, 5.74) is 2.23. The molecule has 7 nitrogen and oxygen atoms in total. The maximum Gasteiger partial charge on any atom is 0.323 e. The van der Waals surface area contributed by atoms with Crippen LogP contribution in [0.4, 0.5) is 32.1 Å². The van der Waals surface area contributed by atoms with Crippen molar-refractivity contribution in [3.63, 3.8) is 0 Å². The van der Waals surface area contributed by atoms with Gasteiger partial charge in [-0.25, -0.2) is 19.2 Å². The molecule has 156 valence electrons. The fourth-order valence-electron chi connectivity index (χ4n) is 2.97. The van der Waals surface area contributed by atoms with Crippen molar-refractivity contribution < 1.29 is 13.9 Å². The van der Waals surface area contributed by atoms with E-state index in [2.05, 4.69) is 25.9 Å². The molecule has 4 rings (SSSR count). The minimum absolute atomic E-state index is 0.00929. The minimum atomic E-state index is -0.514. The molecule has 31 heavy (non-hydrogen) atoms. The van der Waals surface area contributed by atoms with Crippen LogP contribution in [-0.2, 0) is 0 Å². The smallest absolute Gasteiger partial charge is 0.323 e. The van der Waals surface area contributed by atoms with Crippen LogP contribution in [0.3, 0.4) is 0 Å². The number of nitrogens with one attached hydrogen (secondary N) is 3. The molecule has 0 saturated carbocycles. The molecular formula is C22H17ClFN5O2. The van der Waals surface area contributed by atoms with Crippen LogP contribution in [0.5, 0.6) is 5.75 Å². The fraction of sp³-hybridized carbons (Fsp3) is 0.0455. The largest absolute Gasteiger partial charge is 0.494 e. The van der Waals surface area contributed by atoms with Crippen LogP contribution >= 0.6 is 11.6 Å². The number of hydrogen-bond donors (Lipinski definition) is 3. The summed E-state index contributed by atoms with van der Waals surface area (Å²) < 4.78 is 18.9. The predicted molar refractivity (Wildman–Crippen MR) is 120 cm³/mol. The van der Waals surface area contributed by atoms with Gasteiger partial charge in [-0.2, -0.15) is 0 Å². The molecular weight excluding hydrogens is 421 g/mol. The Kier molecular flexibility index (Phi) is 5.81. The lowest BCUT2D eigenvalue weighted by Gasteiger charge is -2.14. The average molecular weight is 438 g/mol. The summed E-state index contributed by atoms with van der Waals surface area (Å²) in [6.45, 7) is 0. The molecule has 0 atom stereocenters. The van der Waals surface area contributed by atoms with E-state index in [1.54, 1.807) is 30.3 Å². The van der Waals surface area contributed by atoms with Crippen LogP contribution in [0.2, 0.25) is 5.02 Å². The van der Waals surface area contributed by atoms with E-state index < -0.39 is 11.8 Å². The summed E-state index contributed by atoms with van der Waals surface area (Å²) in [7, 11) is 1.50. The van der Waals surface area contributed by atoms with E-state index in [1.807, 2.05) is 18.2 Å². The Labute approximate surface area is 182 Å². The zero-order valence-electron chi connectivity index (χ0n) is 16.3. The Morgan fingerprint density at radius 1 is 1.00 bits per heavy atom. The third-order valence-corrected chi connectivity index (χ3v) is 4.71. The molecule has 0 aliphatic carbocycles. The van der Waals surface area contributed by atoms with Gasteiger partial charge in [0.15, 0.2) is 0 Å². The molecule has 0 aliphatic heterocycles. The summed E-state index contributed by atoms with van der Waals surface area (Å²) in [6, 6.07) is 16.3. The second kappa shape index (κ2) is 8.85. The Hall–Kier alpha value is -3.91.